The minimum Gasteiger partial charge on any atom is -0.382 e. The topological polar surface area (TPSA) is 55.4 Å². The average Bonchev–Trinajstić information content (AvgIpc) is 2.46. The van der Waals surface area contributed by atoms with Gasteiger partial charge in [0, 0.05) is 27.4 Å². The molecule has 0 bridgehead atoms. The first-order valence-corrected chi connectivity index (χ1v) is 9.30. The molecular weight excluding hydrogens is 300 g/mol. The fourth-order valence-electron chi connectivity index (χ4n) is 1.48. The predicted octanol–water partition coefficient (Wildman–Crippen LogP) is 1.23. The van der Waals surface area contributed by atoms with E-state index in [-0.39, 0.29) is 0 Å². The van der Waals surface area contributed by atoms with Crippen LogP contribution in [0.5, 0.6) is 0 Å². The van der Waals surface area contributed by atoms with Gasteiger partial charge in [0.05, 0.1) is 39.6 Å². The lowest BCUT2D eigenvalue weighted by atomic mass is 10.6. The van der Waals surface area contributed by atoms with E-state index in [2.05, 4.69) is 12.6 Å². The molecule has 0 aliphatic carbocycles. The van der Waals surface area contributed by atoms with Crippen molar-refractivity contribution in [3.63, 3.8) is 0 Å². The third-order valence-corrected chi connectivity index (χ3v) is 5.68. The highest BCUT2D eigenvalue weighted by molar-refractivity contribution is 7.80. The number of thiol groups is 1. The van der Waals surface area contributed by atoms with Gasteiger partial charge in [-0.3, -0.25) is 0 Å². The molecule has 0 saturated heterocycles. The van der Waals surface area contributed by atoms with E-state index in [0.717, 1.165) is 18.2 Å². The molecule has 0 N–H and O–H groups in total. The van der Waals surface area contributed by atoms with Gasteiger partial charge in [-0.1, -0.05) is 0 Å². The van der Waals surface area contributed by atoms with Crippen molar-refractivity contribution in [2.24, 2.45) is 0 Å². The Morgan fingerprint density at radius 3 is 1.40 bits per heavy atom. The first-order chi connectivity index (χ1) is 9.74. The maximum atomic E-state index is 5.89. The molecule has 0 rings (SSSR count). The maximum Gasteiger partial charge on any atom is 0.501 e. The number of ether oxygens (including phenoxy) is 3. The van der Waals surface area contributed by atoms with E-state index in [1.54, 1.807) is 21.3 Å². The first-order valence-electron chi connectivity index (χ1n) is 6.74. The second-order valence-electron chi connectivity index (χ2n) is 4.03. The van der Waals surface area contributed by atoms with Crippen LogP contribution in [0.4, 0.5) is 0 Å². The first kappa shape index (κ1) is 20.3. The van der Waals surface area contributed by atoms with E-state index >= 15 is 0 Å². The molecule has 20 heavy (non-hydrogen) atoms. The van der Waals surface area contributed by atoms with Crippen molar-refractivity contribution in [2.75, 3.05) is 66.7 Å². The summed E-state index contributed by atoms with van der Waals surface area (Å²) in [6, 6.07) is 0.730. The van der Waals surface area contributed by atoms with Crippen LogP contribution in [0.1, 0.15) is 6.42 Å². The standard InChI is InChI=1S/C12H28O6SSi/c1-13-5-8-16-20(12-4-11-19,17-9-6-14-2)18-10-7-15-3/h19H,4-12H2,1-3H3. The van der Waals surface area contributed by atoms with Crippen molar-refractivity contribution in [2.45, 2.75) is 12.5 Å². The number of hydrogen-bond donors (Lipinski definition) is 1. The van der Waals surface area contributed by atoms with Crippen LogP contribution < -0.4 is 0 Å². The monoisotopic (exact) mass is 328 g/mol. The van der Waals surface area contributed by atoms with Gasteiger partial charge in [0.15, 0.2) is 0 Å². The van der Waals surface area contributed by atoms with E-state index in [4.69, 9.17) is 27.5 Å². The smallest absolute Gasteiger partial charge is 0.382 e. The molecule has 6 nitrogen and oxygen atoms in total. The van der Waals surface area contributed by atoms with Gasteiger partial charge in [-0.15, -0.1) is 0 Å². The highest BCUT2D eigenvalue weighted by atomic mass is 32.1. The van der Waals surface area contributed by atoms with E-state index in [9.17, 15) is 0 Å². The van der Waals surface area contributed by atoms with Crippen LogP contribution in [0, 0.1) is 0 Å². The van der Waals surface area contributed by atoms with Gasteiger partial charge in [0.2, 0.25) is 0 Å². The highest BCUT2D eigenvalue weighted by Gasteiger charge is 2.40. The maximum absolute atomic E-state index is 5.89. The van der Waals surface area contributed by atoms with Crippen molar-refractivity contribution in [3.05, 3.63) is 0 Å². The van der Waals surface area contributed by atoms with Gasteiger partial charge in [-0.2, -0.15) is 12.6 Å². The summed E-state index contributed by atoms with van der Waals surface area (Å²) in [4.78, 5) is 0. The van der Waals surface area contributed by atoms with Gasteiger partial charge < -0.3 is 27.5 Å². The minimum atomic E-state index is -2.72. The zero-order valence-corrected chi connectivity index (χ0v) is 14.7. The molecule has 8 heteroatoms. The largest absolute Gasteiger partial charge is 0.501 e. The van der Waals surface area contributed by atoms with E-state index < -0.39 is 8.80 Å². The SMILES string of the molecule is COCCO[Si](CCCS)(OCCOC)OCCOC. The van der Waals surface area contributed by atoms with Crippen LogP contribution >= 0.6 is 12.6 Å². The summed E-state index contributed by atoms with van der Waals surface area (Å²) in [5.41, 5.74) is 0. The second kappa shape index (κ2) is 14.3. The summed E-state index contributed by atoms with van der Waals surface area (Å²) in [6.07, 6.45) is 0.877. The molecule has 0 aliphatic heterocycles. The molecule has 0 heterocycles. The Kier molecular flexibility index (Phi) is 14.5. The van der Waals surface area contributed by atoms with Crippen LogP contribution in [0.25, 0.3) is 0 Å². The lowest BCUT2D eigenvalue weighted by Gasteiger charge is -2.29. The van der Waals surface area contributed by atoms with Gasteiger partial charge in [-0.05, 0) is 12.2 Å². The zero-order chi connectivity index (χ0) is 15.1. The van der Waals surface area contributed by atoms with Crippen LogP contribution in [-0.4, -0.2) is 75.5 Å². The Morgan fingerprint density at radius 1 is 0.700 bits per heavy atom. The third-order valence-electron chi connectivity index (χ3n) is 2.47. The predicted molar refractivity (Wildman–Crippen MR) is 82.5 cm³/mol. The Balaban J connectivity index is 4.48. The molecule has 0 fully saturated rings. The van der Waals surface area contributed by atoms with Crippen molar-refractivity contribution in [1.82, 2.24) is 0 Å². The van der Waals surface area contributed by atoms with E-state index in [1.165, 1.54) is 0 Å². The van der Waals surface area contributed by atoms with Crippen molar-refractivity contribution in [3.8, 4) is 0 Å². The molecule has 0 unspecified atom stereocenters. The lowest BCUT2D eigenvalue weighted by Crippen LogP contribution is -2.48. The van der Waals surface area contributed by atoms with Gasteiger partial charge in [-0.25, -0.2) is 0 Å². The lowest BCUT2D eigenvalue weighted by molar-refractivity contribution is 0.0146. The van der Waals surface area contributed by atoms with Crippen molar-refractivity contribution < 1.29 is 27.5 Å². The fraction of sp³-hybridized carbons (Fsp3) is 1.00. The van der Waals surface area contributed by atoms with Crippen LogP contribution in [0.15, 0.2) is 0 Å². The summed E-state index contributed by atoms with van der Waals surface area (Å²) < 4.78 is 32.7. The fourth-order valence-corrected chi connectivity index (χ4v) is 4.41. The summed E-state index contributed by atoms with van der Waals surface area (Å²) >= 11 is 4.24. The zero-order valence-electron chi connectivity index (χ0n) is 12.8. The van der Waals surface area contributed by atoms with Crippen molar-refractivity contribution >= 4 is 21.4 Å². The second-order valence-corrected chi connectivity index (χ2v) is 7.21. The quantitative estimate of drug-likeness (QED) is 0.277. The van der Waals surface area contributed by atoms with Crippen LogP contribution in [-0.2, 0) is 27.5 Å². The molecule has 0 saturated carbocycles. The van der Waals surface area contributed by atoms with E-state index in [0.29, 0.717) is 39.6 Å². The van der Waals surface area contributed by atoms with Gasteiger partial charge in [0.1, 0.15) is 0 Å². The van der Waals surface area contributed by atoms with Gasteiger partial charge in [0.25, 0.3) is 0 Å². The third kappa shape index (κ3) is 10.1. The Labute approximate surface area is 128 Å². The summed E-state index contributed by atoms with van der Waals surface area (Å²) in [6.45, 7) is 2.89. The number of rotatable bonds is 15. The summed E-state index contributed by atoms with van der Waals surface area (Å²) in [5, 5.41) is 0. The summed E-state index contributed by atoms with van der Waals surface area (Å²) in [5.74, 6) is 0.768. The molecular formula is C12H28O6SSi. The molecule has 122 valence electrons. The Hall–Kier alpha value is 0.327. The molecule has 0 radical (unpaired) electrons. The van der Waals surface area contributed by atoms with Gasteiger partial charge >= 0.3 is 8.80 Å². The molecule has 0 aromatic carbocycles. The average molecular weight is 329 g/mol. The Bertz CT molecular complexity index is 184. The van der Waals surface area contributed by atoms with Crippen molar-refractivity contribution in [1.29, 1.82) is 0 Å². The molecule has 0 aromatic heterocycles. The van der Waals surface area contributed by atoms with Crippen LogP contribution in [0.2, 0.25) is 6.04 Å². The number of methoxy groups -OCH3 is 3. The molecule has 0 amide bonds. The molecule has 0 aromatic rings. The molecule has 0 spiro atoms. The number of hydrogen-bond acceptors (Lipinski definition) is 7. The minimum absolute atomic E-state index is 0.454. The highest BCUT2D eigenvalue weighted by Crippen LogP contribution is 2.18. The van der Waals surface area contributed by atoms with Crippen LogP contribution in [0.3, 0.4) is 0 Å². The van der Waals surface area contributed by atoms with E-state index in [1.807, 2.05) is 0 Å². The molecule has 0 atom stereocenters. The molecule has 0 aliphatic rings. The summed E-state index contributed by atoms with van der Waals surface area (Å²) in [7, 11) is 2.19. The normalized spacial score (nSPS) is 12.0. The Morgan fingerprint density at radius 2 is 1.10 bits per heavy atom.